The van der Waals surface area contributed by atoms with Crippen molar-refractivity contribution in [3.05, 3.63) is 34.9 Å². The fourth-order valence-electron chi connectivity index (χ4n) is 2.93. The molecule has 0 radical (unpaired) electrons. The zero-order valence-electron chi connectivity index (χ0n) is 13.0. The Morgan fingerprint density at radius 3 is 2.52 bits per heavy atom. The lowest BCUT2D eigenvalue weighted by Gasteiger charge is -2.36. The predicted molar refractivity (Wildman–Crippen MR) is 84.2 cm³/mol. The zero-order chi connectivity index (χ0) is 15.3. The van der Waals surface area contributed by atoms with Crippen LogP contribution >= 0.6 is 0 Å². The van der Waals surface area contributed by atoms with Gasteiger partial charge in [-0.3, -0.25) is 0 Å². The molecular weight excluding hydrogens is 264 g/mol. The minimum Gasteiger partial charge on any atom is -0.394 e. The van der Waals surface area contributed by atoms with Crippen molar-refractivity contribution in [3.63, 3.8) is 0 Å². The molecule has 21 heavy (non-hydrogen) atoms. The summed E-state index contributed by atoms with van der Waals surface area (Å²) in [6, 6.07) is 6.01. The van der Waals surface area contributed by atoms with Gasteiger partial charge >= 0.3 is 6.03 Å². The van der Waals surface area contributed by atoms with E-state index in [1.54, 1.807) is 0 Å². The van der Waals surface area contributed by atoms with Crippen molar-refractivity contribution >= 4 is 6.03 Å². The molecule has 0 saturated heterocycles. The number of aliphatic hydroxyl groups is 1. The number of urea groups is 1. The molecular formula is C17H26N2O2. The Morgan fingerprint density at radius 1 is 1.19 bits per heavy atom. The van der Waals surface area contributed by atoms with Gasteiger partial charge in [-0.1, -0.05) is 37.5 Å². The van der Waals surface area contributed by atoms with E-state index in [1.807, 2.05) is 6.07 Å². The SMILES string of the molecule is Cc1ccc(CNC(=O)NC2(CO)CCCCC2)cc1C. The molecule has 1 saturated carbocycles. The standard InChI is InChI=1S/C17H26N2O2/c1-13-6-7-15(10-14(13)2)11-18-16(21)19-17(12-20)8-4-3-5-9-17/h6-7,10,20H,3-5,8-9,11-12H2,1-2H3,(H2,18,19,21). The number of aryl methyl sites for hydroxylation is 2. The third-order valence-corrected chi connectivity index (χ3v) is 4.52. The lowest BCUT2D eigenvalue weighted by molar-refractivity contribution is 0.125. The monoisotopic (exact) mass is 290 g/mol. The molecule has 0 spiro atoms. The molecule has 4 heteroatoms. The minimum absolute atomic E-state index is 0.0179. The van der Waals surface area contributed by atoms with E-state index in [-0.39, 0.29) is 12.6 Å². The van der Waals surface area contributed by atoms with Gasteiger partial charge in [0.05, 0.1) is 12.1 Å². The molecule has 0 heterocycles. The number of carbonyl (C=O) groups is 1. The van der Waals surface area contributed by atoms with Gasteiger partial charge < -0.3 is 15.7 Å². The summed E-state index contributed by atoms with van der Waals surface area (Å²) in [7, 11) is 0. The number of benzene rings is 1. The number of hydrogen-bond acceptors (Lipinski definition) is 2. The molecule has 2 amide bonds. The largest absolute Gasteiger partial charge is 0.394 e. The van der Waals surface area contributed by atoms with Gasteiger partial charge in [0.2, 0.25) is 0 Å². The molecule has 2 rings (SSSR count). The molecule has 0 aromatic heterocycles. The van der Waals surface area contributed by atoms with E-state index in [4.69, 9.17) is 0 Å². The van der Waals surface area contributed by atoms with Crippen LogP contribution in [0.2, 0.25) is 0 Å². The van der Waals surface area contributed by atoms with Crippen molar-refractivity contribution in [1.82, 2.24) is 10.6 Å². The smallest absolute Gasteiger partial charge is 0.315 e. The number of carbonyl (C=O) groups excluding carboxylic acids is 1. The summed E-state index contributed by atoms with van der Waals surface area (Å²) < 4.78 is 0. The highest BCUT2D eigenvalue weighted by Gasteiger charge is 2.32. The van der Waals surface area contributed by atoms with Crippen molar-refractivity contribution < 1.29 is 9.90 Å². The van der Waals surface area contributed by atoms with E-state index in [2.05, 4.69) is 36.6 Å². The van der Waals surface area contributed by atoms with Gasteiger partial charge in [0, 0.05) is 6.54 Å². The van der Waals surface area contributed by atoms with E-state index >= 15 is 0 Å². The number of rotatable bonds is 4. The average Bonchev–Trinajstić information content (AvgIpc) is 2.49. The Hall–Kier alpha value is -1.55. The van der Waals surface area contributed by atoms with Crippen molar-refractivity contribution in [1.29, 1.82) is 0 Å². The summed E-state index contributed by atoms with van der Waals surface area (Å²) in [4.78, 5) is 12.1. The third-order valence-electron chi connectivity index (χ3n) is 4.52. The molecule has 116 valence electrons. The molecule has 1 aromatic carbocycles. The van der Waals surface area contributed by atoms with Crippen LogP contribution in [-0.2, 0) is 6.54 Å². The molecule has 1 aliphatic carbocycles. The number of amides is 2. The van der Waals surface area contributed by atoms with Gasteiger partial charge in [-0.2, -0.15) is 0 Å². The van der Waals surface area contributed by atoms with Crippen LogP contribution in [0.1, 0.15) is 48.8 Å². The van der Waals surface area contributed by atoms with E-state index in [1.165, 1.54) is 17.5 Å². The van der Waals surface area contributed by atoms with Crippen molar-refractivity contribution in [2.24, 2.45) is 0 Å². The lowest BCUT2D eigenvalue weighted by atomic mass is 9.82. The van der Waals surface area contributed by atoms with Crippen LogP contribution in [0, 0.1) is 13.8 Å². The Labute approximate surface area is 126 Å². The Bertz CT molecular complexity index is 494. The third kappa shape index (κ3) is 4.21. The molecule has 0 unspecified atom stereocenters. The zero-order valence-corrected chi connectivity index (χ0v) is 13.0. The highest BCUT2D eigenvalue weighted by Crippen LogP contribution is 2.27. The van der Waals surface area contributed by atoms with Crippen LogP contribution < -0.4 is 10.6 Å². The fourth-order valence-corrected chi connectivity index (χ4v) is 2.93. The molecule has 0 bridgehead atoms. The van der Waals surface area contributed by atoms with Crippen molar-refractivity contribution in [2.45, 2.75) is 58.0 Å². The second-order valence-corrected chi connectivity index (χ2v) is 6.23. The topological polar surface area (TPSA) is 61.4 Å². The van der Waals surface area contributed by atoms with Crippen LogP contribution in [0.4, 0.5) is 4.79 Å². The number of aliphatic hydroxyl groups excluding tert-OH is 1. The van der Waals surface area contributed by atoms with E-state index in [0.717, 1.165) is 31.2 Å². The van der Waals surface area contributed by atoms with Crippen molar-refractivity contribution in [3.8, 4) is 0 Å². The summed E-state index contributed by atoms with van der Waals surface area (Å²) in [6.45, 7) is 4.67. The second-order valence-electron chi connectivity index (χ2n) is 6.23. The van der Waals surface area contributed by atoms with E-state index in [9.17, 15) is 9.90 Å². The summed E-state index contributed by atoms with van der Waals surface area (Å²) >= 11 is 0. The van der Waals surface area contributed by atoms with Crippen LogP contribution in [0.15, 0.2) is 18.2 Å². The predicted octanol–water partition coefficient (Wildman–Crippen LogP) is 2.80. The van der Waals surface area contributed by atoms with Gasteiger partial charge in [-0.15, -0.1) is 0 Å². The Kier molecular flexibility index (Phi) is 5.23. The van der Waals surface area contributed by atoms with Crippen LogP contribution in [0.25, 0.3) is 0 Å². The normalized spacial score (nSPS) is 17.3. The molecule has 0 aliphatic heterocycles. The fraction of sp³-hybridized carbons (Fsp3) is 0.588. The highest BCUT2D eigenvalue weighted by atomic mass is 16.3. The van der Waals surface area contributed by atoms with Crippen LogP contribution in [0.3, 0.4) is 0 Å². The van der Waals surface area contributed by atoms with E-state index in [0.29, 0.717) is 6.54 Å². The molecule has 1 aromatic rings. The summed E-state index contributed by atoms with van der Waals surface area (Å²) in [5.74, 6) is 0. The maximum Gasteiger partial charge on any atom is 0.315 e. The van der Waals surface area contributed by atoms with Gasteiger partial charge in [-0.25, -0.2) is 4.79 Å². The second kappa shape index (κ2) is 6.94. The maximum atomic E-state index is 12.1. The molecule has 0 atom stereocenters. The maximum absolute atomic E-state index is 12.1. The first-order valence-electron chi connectivity index (χ1n) is 7.78. The van der Waals surface area contributed by atoms with Gasteiger partial charge in [0.25, 0.3) is 0 Å². The first-order valence-corrected chi connectivity index (χ1v) is 7.78. The molecule has 4 nitrogen and oxygen atoms in total. The first kappa shape index (κ1) is 15.8. The molecule has 3 N–H and O–H groups in total. The molecule has 1 fully saturated rings. The van der Waals surface area contributed by atoms with Gasteiger partial charge in [0.1, 0.15) is 0 Å². The highest BCUT2D eigenvalue weighted by molar-refractivity contribution is 5.74. The van der Waals surface area contributed by atoms with Gasteiger partial charge in [-0.05, 0) is 43.4 Å². The summed E-state index contributed by atoms with van der Waals surface area (Å²) in [5, 5.41) is 15.5. The quantitative estimate of drug-likeness (QED) is 0.798. The first-order chi connectivity index (χ1) is 10.0. The average molecular weight is 290 g/mol. The number of hydrogen-bond donors (Lipinski definition) is 3. The Morgan fingerprint density at radius 2 is 1.90 bits per heavy atom. The lowest BCUT2D eigenvalue weighted by Crippen LogP contribution is -2.55. The summed E-state index contributed by atoms with van der Waals surface area (Å²) in [5.41, 5.74) is 3.15. The summed E-state index contributed by atoms with van der Waals surface area (Å²) in [6.07, 6.45) is 5.05. The minimum atomic E-state index is -0.425. The van der Waals surface area contributed by atoms with E-state index < -0.39 is 5.54 Å². The van der Waals surface area contributed by atoms with Crippen LogP contribution in [0.5, 0.6) is 0 Å². The number of nitrogens with one attached hydrogen (secondary N) is 2. The van der Waals surface area contributed by atoms with Crippen LogP contribution in [-0.4, -0.2) is 23.3 Å². The molecule has 1 aliphatic rings. The van der Waals surface area contributed by atoms with Crippen molar-refractivity contribution in [2.75, 3.05) is 6.61 Å². The Balaban J connectivity index is 1.87. The van der Waals surface area contributed by atoms with Gasteiger partial charge in [0.15, 0.2) is 0 Å².